The zero-order chi connectivity index (χ0) is 59.0. The van der Waals surface area contributed by atoms with Crippen LogP contribution in [0.3, 0.4) is 0 Å². The van der Waals surface area contributed by atoms with Gasteiger partial charge in [0.2, 0.25) is 0 Å². The monoisotopic (exact) mass is 1120 g/mol. The fourth-order valence-corrected chi connectivity index (χ4v) is 15.2. The molecular weight excluding hydrogens is 1050 g/mol. The van der Waals surface area contributed by atoms with E-state index in [1.807, 2.05) is 0 Å². The number of para-hydroxylation sites is 2. The maximum absolute atomic E-state index is 2.59. The molecule has 15 aromatic rings. The van der Waals surface area contributed by atoms with E-state index in [1.165, 1.54) is 143 Å². The van der Waals surface area contributed by atoms with Gasteiger partial charge in [-0.15, -0.1) is 0 Å². The lowest BCUT2D eigenvalue weighted by Gasteiger charge is -2.45. The molecule has 87 heavy (non-hydrogen) atoms. The molecule has 5 heteroatoms. The first-order valence-electron chi connectivity index (χ1n) is 31.0. The lowest BCUT2D eigenvalue weighted by Crippen LogP contribution is -2.61. The summed E-state index contributed by atoms with van der Waals surface area (Å²) in [6, 6.07) is 92.8. The van der Waals surface area contributed by atoms with E-state index in [-0.39, 0.29) is 23.0 Å². The molecule has 0 fully saturated rings. The van der Waals surface area contributed by atoms with Gasteiger partial charge in [0.05, 0.1) is 22.1 Å². The van der Waals surface area contributed by atoms with E-state index in [2.05, 4.69) is 324 Å². The molecule has 0 radical (unpaired) electrons. The third-order valence-corrected chi connectivity index (χ3v) is 19.5. The average Bonchev–Trinajstić information content (AvgIpc) is 1.67. The summed E-state index contributed by atoms with van der Waals surface area (Å²) in [5, 5.41) is 15.3. The molecular formula is C82H67BN4. The molecule has 0 aliphatic carbocycles. The standard InChI is InChI=1S/C82H67BN4/c1-80(2,3)50-36-42-69-65(44-50)75-61-32-20-16-28-57(61)59-30-18-22-34-63(59)78(75)86(69)55-38-40-67-71(48-55)84(53-24-12-10-13-25-53)73-46-52(82(7,8)9)47-74-77(73)83(67)68-41-39-56(49-72(68)85(74)54-26-14-11-15-27-54)87-70-43-37-51(81(4,5)6)45-66(70)76-62-33-21-17-29-58(62)60-31-19-23-35-64(60)79(76)87/h10-49H,1-9H3. The molecule has 4 nitrogen and oxygen atoms in total. The van der Waals surface area contributed by atoms with Gasteiger partial charge in [0.1, 0.15) is 0 Å². The Morgan fingerprint density at radius 2 is 0.609 bits per heavy atom. The molecule has 0 atom stereocenters. The minimum atomic E-state index is -0.187. The van der Waals surface area contributed by atoms with Crippen molar-refractivity contribution in [2.24, 2.45) is 0 Å². The summed E-state index contributed by atoms with van der Waals surface area (Å²) in [6.45, 7) is 21.0. The molecule has 0 amide bonds. The third kappa shape index (κ3) is 7.51. The van der Waals surface area contributed by atoms with Crippen molar-refractivity contribution in [3.8, 4) is 11.4 Å². The molecule has 0 saturated heterocycles. The van der Waals surface area contributed by atoms with Gasteiger partial charge in [-0.3, -0.25) is 0 Å². The van der Waals surface area contributed by atoms with Crippen LogP contribution >= 0.6 is 0 Å². The normalized spacial score (nSPS) is 13.5. The second-order valence-electron chi connectivity index (χ2n) is 27.7. The Kier molecular flexibility index (Phi) is 10.9. The minimum Gasteiger partial charge on any atom is -0.311 e. The Bertz CT molecular complexity index is 5090. The van der Waals surface area contributed by atoms with Crippen LogP contribution in [-0.4, -0.2) is 15.8 Å². The number of aromatic nitrogens is 2. The molecule has 0 spiro atoms. The van der Waals surface area contributed by atoms with Crippen molar-refractivity contribution < 1.29 is 0 Å². The van der Waals surface area contributed by atoms with E-state index in [0.717, 1.165) is 22.7 Å². The number of nitrogens with zero attached hydrogens (tertiary/aromatic N) is 4. The van der Waals surface area contributed by atoms with Gasteiger partial charge in [0.25, 0.3) is 6.71 Å². The molecule has 2 aliphatic heterocycles. The Hall–Kier alpha value is -9.84. The number of anilines is 6. The zero-order valence-electron chi connectivity index (χ0n) is 51.0. The van der Waals surface area contributed by atoms with Crippen molar-refractivity contribution in [1.29, 1.82) is 0 Å². The molecule has 0 N–H and O–H groups in total. The zero-order valence-corrected chi connectivity index (χ0v) is 51.0. The summed E-state index contributed by atoms with van der Waals surface area (Å²) < 4.78 is 5.17. The van der Waals surface area contributed by atoms with Crippen LogP contribution in [-0.2, 0) is 16.2 Å². The second-order valence-corrected chi connectivity index (χ2v) is 27.7. The smallest absolute Gasteiger partial charge is 0.252 e. The highest BCUT2D eigenvalue weighted by atomic mass is 15.2. The molecule has 0 bridgehead atoms. The predicted molar refractivity (Wildman–Crippen MR) is 375 cm³/mol. The van der Waals surface area contributed by atoms with Crippen LogP contribution in [0.15, 0.2) is 243 Å². The summed E-state index contributed by atoms with van der Waals surface area (Å²) >= 11 is 0. The lowest BCUT2D eigenvalue weighted by molar-refractivity contribution is 0.590. The van der Waals surface area contributed by atoms with E-state index in [0.29, 0.717) is 0 Å². The summed E-state index contributed by atoms with van der Waals surface area (Å²) in [7, 11) is 0. The van der Waals surface area contributed by atoms with Gasteiger partial charge >= 0.3 is 0 Å². The molecule has 13 aromatic carbocycles. The molecule has 0 unspecified atom stereocenters. The lowest BCUT2D eigenvalue weighted by atomic mass is 9.33. The summed E-state index contributed by atoms with van der Waals surface area (Å²) in [5.41, 5.74) is 21.7. The van der Waals surface area contributed by atoms with Crippen molar-refractivity contribution in [3.05, 3.63) is 259 Å². The van der Waals surface area contributed by atoms with Gasteiger partial charge in [-0.1, -0.05) is 220 Å². The van der Waals surface area contributed by atoms with Gasteiger partial charge in [0.15, 0.2) is 0 Å². The average molecular weight is 1120 g/mol. The summed E-state index contributed by atoms with van der Waals surface area (Å²) in [4.78, 5) is 5.18. The highest BCUT2D eigenvalue weighted by Crippen LogP contribution is 2.50. The topological polar surface area (TPSA) is 16.3 Å². The molecule has 4 heterocycles. The minimum absolute atomic E-state index is 0.0363. The van der Waals surface area contributed by atoms with Gasteiger partial charge in [-0.25, -0.2) is 0 Å². The van der Waals surface area contributed by atoms with E-state index < -0.39 is 0 Å². The number of hydrogen-bond acceptors (Lipinski definition) is 2. The SMILES string of the molecule is CC(C)(C)c1cc2c3c(c1)N(c1ccccc1)c1cc(-n4c5ccc(C(C)(C)C)cc5c5c6ccccc6c6ccccc6c54)ccc1B3c1ccc(-n3c4ccc(C(C)(C)C)cc4c4c5ccccc5c5ccccc5c43)cc1N2c1ccccc1. The fourth-order valence-electron chi connectivity index (χ4n) is 15.2. The Labute approximate surface area is 509 Å². The third-order valence-electron chi connectivity index (χ3n) is 19.5. The summed E-state index contributed by atoms with van der Waals surface area (Å²) in [5.74, 6) is 0. The van der Waals surface area contributed by atoms with Crippen molar-refractivity contribution >= 4 is 144 Å². The second kappa shape index (κ2) is 18.3. The van der Waals surface area contributed by atoms with Gasteiger partial charge in [-0.2, -0.15) is 0 Å². The predicted octanol–water partition coefficient (Wildman–Crippen LogP) is 20.5. The number of fused-ring (bicyclic) bond motifs is 20. The highest BCUT2D eigenvalue weighted by molar-refractivity contribution is 7.00. The maximum atomic E-state index is 2.59. The van der Waals surface area contributed by atoms with Crippen molar-refractivity contribution in [1.82, 2.24) is 9.13 Å². The van der Waals surface area contributed by atoms with Crippen LogP contribution in [0, 0.1) is 0 Å². The molecule has 0 saturated carbocycles. The van der Waals surface area contributed by atoms with Crippen LogP contribution in [0.2, 0.25) is 0 Å². The molecule has 17 rings (SSSR count). The Balaban J connectivity index is 0.982. The first-order chi connectivity index (χ1) is 42.1. The largest absolute Gasteiger partial charge is 0.311 e. The molecule has 2 aliphatic rings. The fraction of sp³-hybridized carbons (Fsp3) is 0.146. The van der Waals surface area contributed by atoms with Crippen LogP contribution < -0.4 is 26.2 Å². The van der Waals surface area contributed by atoms with Crippen LogP contribution in [0.5, 0.6) is 0 Å². The molecule has 2 aromatic heterocycles. The number of hydrogen-bond donors (Lipinski definition) is 0. The maximum Gasteiger partial charge on any atom is 0.252 e. The van der Waals surface area contributed by atoms with Gasteiger partial charge in [0, 0.05) is 77.8 Å². The Morgan fingerprint density at radius 1 is 0.264 bits per heavy atom. The van der Waals surface area contributed by atoms with E-state index >= 15 is 0 Å². The van der Waals surface area contributed by atoms with Gasteiger partial charge in [-0.05, 0) is 167 Å². The van der Waals surface area contributed by atoms with Crippen molar-refractivity contribution in [2.75, 3.05) is 9.80 Å². The van der Waals surface area contributed by atoms with E-state index in [9.17, 15) is 0 Å². The van der Waals surface area contributed by atoms with Crippen LogP contribution in [0.25, 0.3) is 98.1 Å². The molecule has 418 valence electrons. The quantitative estimate of drug-likeness (QED) is 0.129. The number of benzene rings is 13. The van der Waals surface area contributed by atoms with Crippen molar-refractivity contribution in [2.45, 2.75) is 78.6 Å². The highest BCUT2D eigenvalue weighted by Gasteiger charge is 2.45. The first kappa shape index (κ1) is 51.6. The first-order valence-corrected chi connectivity index (χ1v) is 31.0. The Morgan fingerprint density at radius 3 is 0.989 bits per heavy atom. The van der Waals surface area contributed by atoms with E-state index in [4.69, 9.17) is 0 Å². The van der Waals surface area contributed by atoms with Gasteiger partial charge < -0.3 is 18.9 Å². The number of rotatable bonds is 4. The van der Waals surface area contributed by atoms with Crippen LogP contribution in [0.1, 0.15) is 79.0 Å². The van der Waals surface area contributed by atoms with Crippen LogP contribution in [0.4, 0.5) is 34.1 Å². The van der Waals surface area contributed by atoms with E-state index in [1.54, 1.807) is 0 Å². The summed E-state index contributed by atoms with van der Waals surface area (Å²) in [6.07, 6.45) is 0. The van der Waals surface area contributed by atoms with Crippen molar-refractivity contribution in [3.63, 3.8) is 0 Å².